The molecule has 0 aliphatic rings. The zero-order chi connectivity index (χ0) is 13.1. The van der Waals surface area contributed by atoms with E-state index in [1.54, 1.807) is 11.3 Å². The minimum Gasteiger partial charge on any atom is -0.367 e. The SMILES string of the molecule is CC(C)CNc1nc(NC(C)C)c2ccsc2n1. The lowest BCUT2D eigenvalue weighted by Crippen LogP contribution is -2.14. The Hall–Kier alpha value is -1.36. The first-order chi connectivity index (χ1) is 8.56. The molecule has 5 heteroatoms. The molecular formula is C13H20N4S. The monoisotopic (exact) mass is 264 g/mol. The fourth-order valence-electron chi connectivity index (χ4n) is 1.61. The highest BCUT2D eigenvalue weighted by Crippen LogP contribution is 2.26. The minimum absolute atomic E-state index is 0.362. The van der Waals surface area contributed by atoms with E-state index in [1.165, 1.54) is 0 Å². The van der Waals surface area contributed by atoms with Crippen molar-refractivity contribution in [2.24, 2.45) is 5.92 Å². The molecule has 0 aliphatic heterocycles. The van der Waals surface area contributed by atoms with Crippen molar-refractivity contribution < 1.29 is 0 Å². The van der Waals surface area contributed by atoms with Gasteiger partial charge in [0.2, 0.25) is 5.95 Å². The van der Waals surface area contributed by atoms with Crippen LogP contribution in [0.1, 0.15) is 27.7 Å². The molecule has 18 heavy (non-hydrogen) atoms. The van der Waals surface area contributed by atoms with E-state index >= 15 is 0 Å². The number of hydrogen-bond acceptors (Lipinski definition) is 5. The Morgan fingerprint density at radius 1 is 1.22 bits per heavy atom. The van der Waals surface area contributed by atoms with Crippen LogP contribution in [0.4, 0.5) is 11.8 Å². The molecule has 0 radical (unpaired) electrons. The molecule has 0 saturated carbocycles. The van der Waals surface area contributed by atoms with Crippen molar-refractivity contribution in [2.45, 2.75) is 33.7 Å². The Morgan fingerprint density at radius 3 is 2.67 bits per heavy atom. The maximum atomic E-state index is 4.56. The van der Waals surface area contributed by atoms with Crippen LogP contribution >= 0.6 is 11.3 Å². The summed E-state index contributed by atoms with van der Waals surface area (Å²) in [6.07, 6.45) is 0. The Labute approximate surface area is 112 Å². The van der Waals surface area contributed by atoms with Gasteiger partial charge in [-0.25, -0.2) is 4.98 Å². The van der Waals surface area contributed by atoms with Gasteiger partial charge in [-0.1, -0.05) is 13.8 Å². The van der Waals surface area contributed by atoms with Gasteiger partial charge in [-0.3, -0.25) is 0 Å². The van der Waals surface area contributed by atoms with E-state index in [-0.39, 0.29) is 0 Å². The highest BCUT2D eigenvalue weighted by molar-refractivity contribution is 7.16. The summed E-state index contributed by atoms with van der Waals surface area (Å²) in [5.41, 5.74) is 0. The molecule has 2 rings (SSSR count). The summed E-state index contributed by atoms with van der Waals surface area (Å²) in [5.74, 6) is 2.21. The van der Waals surface area contributed by atoms with Crippen LogP contribution in [0.15, 0.2) is 11.4 Å². The number of rotatable bonds is 5. The highest BCUT2D eigenvalue weighted by Gasteiger charge is 2.09. The molecule has 2 aromatic heterocycles. The summed E-state index contributed by atoms with van der Waals surface area (Å²) in [6, 6.07) is 2.43. The lowest BCUT2D eigenvalue weighted by molar-refractivity contribution is 0.685. The number of hydrogen-bond donors (Lipinski definition) is 2. The fourth-order valence-corrected chi connectivity index (χ4v) is 2.38. The molecule has 0 aromatic carbocycles. The summed E-state index contributed by atoms with van der Waals surface area (Å²) >= 11 is 1.65. The first kappa shape index (κ1) is 13.1. The van der Waals surface area contributed by atoms with Crippen molar-refractivity contribution in [3.8, 4) is 0 Å². The van der Waals surface area contributed by atoms with Crippen molar-refractivity contribution in [3.63, 3.8) is 0 Å². The lowest BCUT2D eigenvalue weighted by atomic mass is 10.2. The van der Waals surface area contributed by atoms with Gasteiger partial charge in [-0.15, -0.1) is 11.3 Å². The second-order valence-electron chi connectivity index (χ2n) is 5.11. The van der Waals surface area contributed by atoms with Gasteiger partial charge < -0.3 is 10.6 Å². The summed E-state index contributed by atoms with van der Waals surface area (Å²) in [5, 5.41) is 9.81. The third kappa shape index (κ3) is 3.10. The quantitative estimate of drug-likeness (QED) is 0.866. The molecule has 2 aromatic rings. The van der Waals surface area contributed by atoms with E-state index in [9.17, 15) is 0 Å². The smallest absolute Gasteiger partial charge is 0.226 e. The Kier molecular flexibility index (Phi) is 4.01. The first-order valence-corrected chi connectivity index (χ1v) is 7.20. The largest absolute Gasteiger partial charge is 0.367 e. The van der Waals surface area contributed by atoms with Gasteiger partial charge in [0, 0.05) is 12.6 Å². The number of anilines is 2. The molecule has 0 saturated heterocycles. The highest BCUT2D eigenvalue weighted by atomic mass is 32.1. The van der Waals surface area contributed by atoms with E-state index in [0.29, 0.717) is 17.9 Å². The van der Waals surface area contributed by atoms with Gasteiger partial charge in [0.1, 0.15) is 10.6 Å². The van der Waals surface area contributed by atoms with Crippen LogP contribution < -0.4 is 10.6 Å². The van der Waals surface area contributed by atoms with Crippen LogP contribution in [0, 0.1) is 5.92 Å². The normalized spacial score (nSPS) is 11.4. The predicted octanol–water partition coefficient (Wildman–Crippen LogP) is 3.58. The van der Waals surface area contributed by atoms with Crippen LogP contribution in [-0.2, 0) is 0 Å². The molecule has 2 N–H and O–H groups in total. The van der Waals surface area contributed by atoms with Crippen molar-refractivity contribution in [1.82, 2.24) is 9.97 Å². The van der Waals surface area contributed by atoms with Gasteiger partial charge >= 0.3 is 0 Å². The first-order valence-electron chi connectivity index (χ1n) is 6.32. The Balaban J connectivity index is 2.31. The summed E-state index contributed by atoms with van der Waals surface area (Å²) in [4.78, 5) is 10.1. The number of nitrogens with one attached hydrogen (secondary N) is 2. The van der Waals surface area contributed by atoms with E-state index in [1.807, 2.05) is 0 Å². The maximum absolute atomic E-state index is 4.56. The van der Waals surface area contributed by atoms with Crippen LogP contribution in [0.2, 0.25) is 0 Å². The van der Waals surface area contributed by atoms with E-state index in [2.05, 4.69) is 59.7 Å². The molecule has 4 nitrogen and oxygen atoms in total. The molecule has 0 bridgehead atoms. The van der Waals surface area contributed by atoms with Gasteiger partial charge in [-0.05, 0) is 31.2 Å². The van der Waals surface area contributed by atoms with Gasteiger partial charge in [0.15, 0.2) is 0 Å². The standard InChI is InChI=1S/C13H20N4S/c1-8(2)7-14-13-16-11(15-9(3)4)10-5-6-18-12(10)17-13/h5-6,8-9H,7H2,1-4H3,(H2,14,15,16,17). The molecule has 0 aliphatic carbocycles. The molecule has 0 fully saturated rings. The average Bonchev–Trinajstić information content (AvgIpc) is 2.73. The lowest BCUT2D eigenvalue weighted by Gasteiger charge is -2.13. The number of thiophene rings is 1. The molecule has 0 atom stereocenters. The van der Waals surface area contributed by atoms with Crippen molar-refractivity contribution in [2.75, 3.05) is 17.2 Å². The molecule has 0 spiro atoms. The number of nitrogens with zero attached hydrogens (tertiary/aromatic N) is 2. The predicted molar refractivity (Wildman–Crippen MR) is 79.5 cm³/mol. The zero-order valence-electron chi connectivity index (χ0n) is 11.3. The molecule has 98 valence electrons. The van der Waals surface area contributed by atoms with Crippen molar-refractivity contribution in [1.29, 1.82) is 0 Å². The Morgan fingerprint density at radius 2 is 2.00 bits per heavy atom. The maximum Gasteiger partial charge on any atom is 0.226 e. The van der Waals surface area contributed by atoms with Crippen LogP contribution in [0.5, 0.6) is 0 Å². The van der Waals surface area contributed by atoms with Gasteiger partial charge in [0.25, 0.3) is 0 Å². The second-order valence-corrected chi connectivity index (χ2v) is 6.00. The van der Waals surface area contributed by atoms with Crippen molar-refractivity contribution >= 4 is 33.3 Å². The number of aromatic nitrogens is 2. The molecular weight excluding hydrogens is 244 g/mol. The topological polar surface area (TPSA) is 49.8 Å². The van der Waals surface area contributed by atoms with Crippen LogP contribution in [-0.4, -0.2) is 22.6 Å². The van der Waals surface area contributed by atoms with Gasteiger partial charge in [0.05, 0.1) is 5.39 Å². The average molecular weight is 264 g/mol. The van der Waals surface area contributed by atoms with Gasteiger partial charge in [-0.2, -0.15) is 4.98 Å². The minimum atomic E-state index is 0.362. The second kappa shape index (κ2) is 5.52. The molecule has 2 heterocycles. The van der Waals surface area contributed by atoms with E-state index in [4.69, 9.17) is 0 Å². The summed E-state index contributed by atoms with van der Waals surface area (Å²) in [6.45, 7) is 9.45. The summed E-state index contributed by atoms with van der Waals surface area (Å²) < 4.78 is 0. The Bertz CT molecular complexity index is 519. The van der Waals surface area contributed by atoms with Crippen LogP contribution in [0.3, 0.4) is 0 Å². The molecule has 0 unspecified atom stereocenters. The van der Waals surface area contributed by atoms with Crippen molar-refractivity contribution in [3.05, 3.63) is 11.4 Å². The summed E-state index contributed by atoms with van der Waals surface area (Å²) in [7, 11) is 0. The third-order valence-corrected chi connectivity index (χ3v) is 3.23. The van der Waals surface area contributed by atoms with E-state index < -0.39 is 0 Å². The number of fused-ring (bicyclic) bond motifs is 1. The zero-order valence-corrected chi connectivity index (χ0v) is 12.1. The van der Waals surface area contributed by atoms with Crippen LogP contribution in [0.25, 0.3) is 10.2 Å². The molecule has 0 amide bonds. The fraction of sp³-hybridized carbons (Fsp3) is 0.538. The third-order valence-electron chi connectivity index (χ3n) is 2.42. The van der Waals surface area contributed by atoms with E-state index in [0.717, 1.165) is 22.6 Å².